The summed E-state index contributed by atoms with van der Waals surface area (Å²) in [5.41, 5.74) is -0.394. The summed E-state index contributed by atoms with van der Waals surface area (Å²) in [5.74, 6) is -1.32. The maximum absolute atomic E-state index is 11.1. The van der Waals surface area contributed by atoms with E-state index in [2.05, 4.69) is 22.2 Å². The van der Waals surface area contributed by atoms with Crippen molar-refractivity contribution in [1.29, 1.82) is 0 Å². The number of nitrogens with one attached hydrogen (secondary N) is 1. The van der Waals surface area contributed by atoms with E-state index in [1.165, 1.54) is 0 Å². The van der Waals surface area contributed by atoms with Crippen molar-refractivity contribution in [3.63, 3.8) is 0 Å². The van der Waals surface area contributed by atoms with E-state index < -0.39 is 21.5 Å². The number of H-pyrrole nitrogens is 1. The fraction of sp³-hybridized carbons (Fsp3) is 0.167. The molecule has 14 heavy (non-hydrogen) atoms. The molecular weight excluding hydrogens is 228 g/mol. The lowest BCUT2D eigenvalue weighted by molar-refractivity contribution is 0.0689. The Labute approximate surface area is 84.5 Å². The molecule has 0 aliphatic heterocycles. The maximum atomic E-state index is 11.1. The lowest BCUT2D eigenvalue weighted by atomic mass is 10.4. The fourth-order valence-electron chi connectivity index (χ4n) is 0.745. The molecule has 0 fully saturated rings. The normalized spacial score (nSPS) is 11.2. The predicted molar refractivity (Wildman–Crippen MR) is 49.5 cm³/mol. The molecule has 6 nitrogen and oxygen atoms in total. The Balaban J connectivity index is 3.51. The van der Waals surface area contributed by atoms with Gasteiger partial charge in [0, 0.05) is 12.3 Å². The van der Waals surface area contributed by atoms with Crippen molar-refractivity contribution in [3.05, 3.63) is 16.5 Å². The van der Waals surface area contributed by atoms with Gasteiger partial charge in [0.15, 0.2) is 20.3 Å². The number of rotatable bonds is 2. The highest BCUT2D eigenvalue weighted by Crippen LogP contribution is 2.06. The molecule has 0 spiro atoms. The van der Waals surface area contributed by atoms with Crippen LogP contribution in [0.15, 0.2) is 11.1 Å². The summed E-state index contributed by atoms with van der Waals surface area (Å²) >= 11 is 4.58. The summed E-state index contributed by atoms with van der Waals surface area (Å²) in [4.78, 5) is 16.3. The number of hydrogen-bond donors (Lipinski definition) is 2. The van der Waals surface area contributed by atoms with Gasteiger partial charge in [0.1, 0.15) is 5.03 Å². The molecule has 0 amide bonds. The minimum Gasteiger partial charge on any atom is -0.477 e. The molecule has 0 unspecified atom stereocenters. The maximum Gasteiger partial charge on any atom is 0.354 e. The Hall–Kier alpha value is -1.28. The summed E-state index contributed by atoms with van der Waals surface area (Å²) in [5, 5.41) is 8.33. The number of sulfone groups is 1. The van der Waals surface area contributed by atoms with Crippen molar-refractivity contribution < 1.29 is 18.3 Å². The van der Waals surface area contributed by atoms with Gasteiger partial charge in [-0.05, 0) is 12.2 Å². The Morgan fingerprint density at radius 3 is 2.64 bits per heavy atom. The Morgan fingerprint density at radius 1 is 1.64 bits per heavy atom. The van der Waals surface area contributed by atoms with E-state index in [0.717, 1.165) is 12.3 Å². The van der Waals surface area contributed by atoms with Gasteiger partial charge >= 0.3 is 5.97 Å². The first-order chi connectivity index (χ1) is 6.30. The summed E-state index contributed by atoms with van der Waals surface area (Å²) < 4.78 is 21.9. The molecule has 1 rings (SSSR count). The van der Waals surface area contributed by atoms with Crippen LogP contribution >= 0.6 is 12.2 Å². The summed E-state index contributed by atoms with van der Waals surface area (Å²) in [6, 6.07) is 0.924. The molecule has 1 heterocycles. The molecule has 0 saturated heterocycles. The molecule has 1 aromatic rings. The van der Waals surface area contributed by atoms with Crippen LogP contribution in [0.4, 0.5) is 0 Å². The molecule has 0 atom stereocenters. The lowest BCUT2D eigenvalue weighted by Crippen LogP contribution is -2.07. The van der Waals surface area contributed by atoms with Gasteiger partial charge in [-0.25, -0.2) is 18.2 Å². The number of nitrogens with zero attached hydrogens (tertiary/aromatic N) is 1. The fourth-order valence-corrected chi connectivity index (χ4v) is 1.63. The smallest absolute Gasteiger partial charge is 0.354 e. The Bertz CT molecular complexity index is 531. The van der Waals surface area contributed by atoms with Crippen LogP contribution in [-0.2, 0) is 9.84 Å². The van der Waals surface area contributed by atoms with E-state index >= 15 is 0 Å². The van der Waals surface area contributed by atoms with Crippen LogP contribution < -0.4 is 0 Å². The second-order valence-corrected chi connectivity index (χ2v) is 4.88. The van der Waals surface area contributed by atoms with Crippen LogP contribution in [0.3, 0.4) is 0 Å². The number of aromatic nitrogens is 2. The first kappa shape index (κ1) is 10.8. The summed E-state index contributed by atoms with van der Waals surface area (Å²) in [6.45, 7) is 0. The van der Waals surface area contributed by atoms with Crippen molar-refractivity contribution in [2.75, 3.05) is 6.26 Å². The number of carboxylic acids is 1. The number of carbonyl (C=O) groups is 1. The van der Waals surface area contributed by atoms with E-state index in [4.69, 9.17) is 5.11 Å². The highest BCUT2D eigenvalue weighted by molar-refractivity contribution is 7.90. The van der Waals surface area contributed by atoms with Gasteiger partial charge in [-0.1, -0.05) is 0 Å². The minimum absolute atomic E-state index is 0.176. The van der Waals surface area contributed by atoms with E-state index in [1.807, 2.05) is 0 Å². The number of aromatic carboxylic acids is 1. The van der Waals surface area contributed by atoms with E-state index in [1.54, 1.807) is 0 Å². The largest absolute Gasteiger partial charge is 0.477 e. The van der Waals surface area contributed by atoms with Crippen LogP contribution in [0.25, 0.3) is 0 Å². The molecule has 0 saturated carbocycles. The molecule has 0 aromatic carbocycles. The molecule has 0 radical (unpaired) electrons. The van der Waals surface area contributed by atoms with E-state index in [9.17, 15) is 13.2 Å². The third kappa shape index (κ3) is 2.36. The van der Waals surface area contributed by atoms with Crippen LogP contribution in [0.2, 0.25) is 0 Å². The quantitative estimate of drug-likeness (QED) is 0.561. The van der Waals surface area contributed by atoms with Gasteiger partial charge in [-0.15, -0.1) is 0 Å². The third-order valence-electron chi connectivity index (χ3n) is 1.34. The van der Waals surface area contributed by atoms with E-state index in [-0.39, 0.29) is 9.80 Å². The second-order valence-electron chi connectivity index (χ2n) is 2.51. The molecule has 0 aliphatic rings. The van der Waals surface area contributed by atoms with Crippen molar-refractivity contribution in [1.82, 2.24) is 9.97 Å². The second kappa shape index (κ2) is 3.46. The lowest BCUT2D eigenvalue weighted by Gasteiger charge is -1.99. The average Bonchev–Trinajstić information content (AvgIpc) is 2.01. The van der Waals surface area contributed by atoms with Gasteiger partial charge < -0.3 is 10.1 Å². The van der Waals surface area contributed by atoms with Gasteiger partial charge in [0.05, 0.1) is 0 Å². The molecule has 8 heteroatoms. The van der Waals surface area contributed by atoms with Crippen molar-refractivity contribution in [2.45, 2.75) is 5.03 Å². The average molecular weight is 234 g/mol. The van der Waals surface area contributed by atoms with Crippen LogP contribution in [0.1, 0.15) is 10.5 Å². The van der Waals surface area contributed by atoms with Crippen molar-refractivity contribution >= 4 is 28.0 Å². The zero-order valence-electron chi connectivity index (χ0n) is 7.01. The number of hydrogen-bond acceptors (Lipinski definition) is 5. The van der Waals surface area contributed by atoms with Gasteiger partial charge in [-0.2, -0.15) is 0 Å². The molecule has 1 aromatic heterocycles. The van der Waals surface area contributed by atoms with Crippen molar-refractivity contribution in [3.8, 4) is 0 Å². The molecule has 0 aliphatic carbocycles. The highest BCUT2D eigenvalue weighted by atomic mass is 32.2. The first-order valence-electron chi connectivity index (χ1n) is 3.35. The first-order valence-corrected chi connectivity index (χ1v) is 5.65. The predicted octanol–water partition coefficient (Wildman–Crippen LogP) is 0.241. The zero-order valence-corrected chi connectivity index (χ0v) is 8.65. The Morgan fingerprint density at radius 2 is 2.21 bits per heavy atom. The third-order valence-corrected chi connectivity index (χ3v) is 2.55. The molecule has 76 valence electrons. The molecule has 0 bridgehead atoms. The summed E-state index contributed by atoms with van der Waals surface area (Å²) in [7, 11) is -3.51. The molecular formula is C6H6N2O4S2. The summed E-state index contributed by atoms with van der Waals surface area (Å²) in [6.07, 6.45) is 0.944. The topological polar surface area (TPSA) is 100 Å². The van der Waals surface area contributed by atoms with E-state index in [0.29, 0.717) is 0 Å². The van der Waals surface area contributed by atoms with Crippen molar-refractivity contribution in [2.24, 2.45) is 0 Å². The minimum atomic E-state index is -3.51. The Kier molecular flexibility index (Phi) is 2.67. The van der Waals surface area contributed by atoms with Gasteiger partial charge in [0.25, 0.3) is 0 Å². The van der Waals surface area contributed by atoms with Crippen LogP contribution in [0.5, 0.6) is 0 Å². The number of carboxylic acid groups (broad SMARTS) is 1. The highest BCUT2D eigenvalue weighted by Gasteiger charge is 2.13. The standard InChI is InChI=1S/C6H6N2O4S2/c1-14(11,12)4-2-3(5(9)10)7-6(13)8-4/h2H,1H3,(H,9,10)(H,7,8,13). The van der Waals surface area contributed by atoms with Gasteiger partial charge in [-0.3, -0.25) is 0 Å². The van der Waals surface area contributed by atoms with Gasteiger partial charge in [0.2, 0.25) is 0 Å². The monoisotopic (exact) mass is 234 g/mol. The van der Waals surface area contributed by atoms with Crippen LogP contribution in [0, 0.1) is 4.77 Å². The number of aromatic amines is 1. The van der Waals surface area contributed by atoms with Crippen LogP contribution in [-0.4, -0.2) is 35.7 Å². The SMILES string of the molecule is CS(=O)(=O)c1cc(C(=O)O)nc(=S)[nH]1. The zero-order chi connectivity index (χ0) is 10.9. The molecule has 2 N–H and O–H groups in total.